The Morgan fingerprint density at radius 3 is 2.87 bits per heavy atom. The van der Waals surface area contributed by atoms with Gasteiger partial charge in [-0.25, -0.2) is 0 Å². The van der Waals surface area contributed by atoms with Crippen LogP contribution in [0.5, 0.6) is 5.75 Å². The number of ether oxygens (including phenoxy) is 1. The van der Waals surface area contributed by atoms with Gasteiger partial charge < -0.3 is 10.1 Å². The fraction of sp³-hybridized carbons (Fsp3) is 0.130. The molecular weight excluding hydrogens is 453 g/mol. The molecule has 2 aromatic carbocycles. The first-order valence-electron chi connectivity index (χ1n) is 9.51. The van der Waals surface area contributed by atoms with Crippen molar-refractivity contribution in [1.82, 2.24) is 9.78 Å². The smallest absolute Gasteiger partial charge is 0.265 e. The standard InChI is InChI=1S/C23H19Cl2N3O2S/c1-15-5-6-20(25)21(7-15)30-13-17-9-22(31-14-17)23(29)27-19-10-26-28(12-19)11-16-3-2-4-18(24)8-16/h2-10,12,14H,11,13H2,1H3,(H,27,29). The SMILES string of the molecule is Cc1ccc(Cl)c(OCc2csc(C(=O)Nc3cnn(Cc4cccc(Cl)c4)c3)c2)c1. The summed E-state index contributed by atoms with van der Waals surface area (Å²) in [5.41, 5.74) is 3.64. The summed E-state index contributed by atoms with van der Waals surface area (Å²) in [5, 5.41) is 10.3. The average molecular weight is 472 g/mol. The van der Waals surface area contributed by atoms with Crippen molar-refractivity contribution in [2.24, 2.45) is 0 Å². The van der Waals surface area contributed by atoms with Crippen molar-refractivity contribution in [2.75, 3.05) is 5.32 Å². The second-order valence-corrected chi connectivity index (χ2v) is 8.81. The van der Waals surface area contributed by atoms with Gasteiger partial charge in [0.15, 0.2) is 0 Å². The van der Waals surface area contributed by atoms with Crippen molar-refractivity contribution in [2.45, 2.75) is 20.1 Å². The van der Waals surface area contributed by atoms with Gasteiger partial charge in [0.1, 0.15) is 12.4 Å². The Morgan fingerprint density at radius 2 is 2.03 bits per heavy atom. The number of hydrogen-bond donors (Lipinski definition) is 1. The van der Waals surface area contributed by atoms with Gasteiger partial charge in [-0.3, -0.25) is 9.48 Å². The molecule has 4 aromatic rings. The number of rotatable bonds is 7. The van der Waals surface area contributed by atoms with Gasteiger partial charge >= 0.3 is 0 Å². The fourth-order valence-electron chi connectivity index (χ4n) is 2.98. The van der Waals surface area contributed by atoms with Crippen LogP contribution >= 0.6 is 34.5 Å². The van der Waals surface area contributed by atoms with E-state index in [2.05, 4.69) is 10.4 Å². The Kier molecular flexibility index (Phi) is 6.61. The monoisotopic (exact) mass is 471 g/mol. The molecule has 0 aliphatic rings. The number of anilines is 1. The number of aromatic nitrogens is 2. The van der Waals surface area contributed by atoms with Crippen LogP contribution in [0.3, 0.4) is 0 Å². The summed E-state index contributed by atoms with van der Waals surface area (Å²) in [7, 11) is 0. The van der Waals surface area contributed by atoms with Crippen LogP contribution in [0.2, 0.25) is 10.0 Å². The predicted octanol–water partition coefficient (Wildman–Crippen LogP) is 6.44. The van der Waals surface area contributed by atoms with Gasteiger partial charge in [0.2, 0.25) is 0 Å². The Balaban J connectivity index is 1.35. The Labute approximate surface area is 194 Å². The van der Waals surface area contributed by atoms with Crippen molar-refractivity contribution in [3.63, 3.8) is 0 Å². The largest absolute Gasteiger partial charge is 0.487 e. The minimum absolute atomic E-state index is 0.188. The van der Waals surface area contributed by atoms with Gasteiger partial charge in [0.05, 0.1) is 28.3 Å². The van der Waals surface area contributed by atoms with E-state index >= 15 is 0 Å². The number of thiophene rings is 1. The van der Waals surface area contributed by atoms with Gasteiger partial charge in [0.25, 0.3) is 5.91 Å². The highest BCUT2D eigenvalue weighted by Gasteiger charge is 2.12. The molecule has 0 spiro atoms. The van der Waals surface area contributed by atoms with E-state index in [-0.39, 0.29) is 5.91 Å². The zero-order chi connectivity index (χ0) is 21.8. The maximum Gasteiger partial charge on any atom is 0.265 e. The zero-order valence-electron chi connectivity index (χ0n) is 16.6. The maximum atomic E-state index is 12.6. The first-order valence-corrected chi connectivity index (χ1v) is 11.1. The quantitative estimate of drug-likeness (QED) is 0.337. The molecule has 31 heavy (non-hydrogen) atoms. The number of carbonyl (C=O) groups is 1. The molecule has 158 valence electrons. The molecule has 2 aromatic heterocycles. The van der Waals surface area contributed by atoms with Gasteiger partial charge in [-0.2, -0.15) is 5.10 Å². The van der Waals surface area contributed by atoms with Crippen LogP contribution in [0.25, 0.3) is 0 Å². The lowest BCUT2D eigenvalue weighted by Gasteiger charge is -2.07. The van der Waals surface area contributed by atoms with Crippen LogP contribution in [0, 0.1) is 6.92 Å². The number of aryl methyl sites for hydroxylation is 1. The number of nitrogens with one attached hydrogen (secondary N) is 1. The van der Waals surface area contributed by atoms with E-state index in [1.54, 1.807) is 17.1 Å². The molecule has 4 rings (SSSR count). The van der Waals surface area contributed by atoms with Crippen LogP contribution in [0.1, 0.15) is 26.4 Å². The van der Waals surface area contributed by atoms with E-state index in [1.807, 2.05) is 60.8 Å². The molecule has 2 heterocycles. The summed E-state index contributed by atoms with van der Waals surface area (Å²) in [6.07, 6.45) is 3.41. The van der Waals surface area contributed by atoms with Crippen LogP contribution in [0.4, 0.5) is 5.69 Å². The third kappa shape index (κ3) is 5.67. The van der Waals surface area contributed by atoms with Crippen molar-refractivity contribution in [3.05, 3.63) is 97.9 Å². The highest BCUT2D eigenvalue weighted by Crippen LogP contribution is 2.27. The summed E-state index contributed by atoms with van der Waals surface area (Å²) in [5.74, 6) is 0.443. The minimum atomic E-state index is -0.188. The Bertz CT molecular complexity index is 1220. The van der Waals surface area contributed by atoms with E-state index in [0.29, 0.717) is 39.5 Å². The molecule has 0 unspecified atom stereocenters. The minimum Gasteiger partial charge on any atom is -0.487 e. The van der Waals surface area contributed by atoms with Gasteiger partial charge in [-0.05, 0) is 53.8 Å². The number of benzene rings is 2. The Hall–Kier alpha value is -2.80. The summed E-state index contributed by atoms with van der Waals surface area (Å²) in [6, 6.07) is 15.0. The highest BCUT2D eigenvalue weighted by molar-refractivity contribution is 7.12. The molecule has 1 N–H and O–H groups in total. The summed E-state index contributed by atoms with van der Waals surface area (Å²) in [6.45, 7) is 2.89. The average Bonchev–Trinajstić information content (AvgIpc) is 3.38. The van der Waals surface area contributed by atoms with E-state index < -0.39 is 0 Å². The maximum absolute atomic E-state index is 12.6. The molecule has 8 heteroatoms. The third-order valence-electron chi connectivity index (χ3n) is 4.48. The van der Waals surface area contributed by atoms with E-state index in [0.717, 1.165) is 16.7 Å². The normalized spacial score (nSPS) is 10.8. The van der Waals surface area contributed by atoms with E-state index in [9.17, 15) is 4.79 Å². The molecule has 0 aliphatic heterocycles. The van der Waals surface area contributed by atoms with Crippen LogP contribution < -0.4 is 10.1 Å². The van der Waals surface area contributed by atoms with Crippen molar-refractivity contribution >= 4 is 46.1 Å². The van der Waals surface area contributed by atoms with E-state index in [1.165, 1.54) is 11.3 Å². The summed E-state index contributed by atoms with van der Waals surface area (Å²) >= 11 is 13.6. The molecule has 0 saturated heterocycles. The molecule has 0 radical (unpaired) electrons. The second kappa shape index (κ2) is 9.56. The summed E-state index contributed by atoms with van der Waals surface area (Å²) in [4.78, 5) is 13.2. The molecule has 0 saturated carbocycles. The lowest BCUT2D eigenvalue weighted by molar-refractivity contribution is 0.103. The van der Waals surface area contributed by atoms with Crippen LogP contribution in [-0.2, 0) is 13.2 Å². The number of amides is 1. The lowest BCUT2D eigenvalue weighted by atomic mass is 10.2. The van der Waals surface area contributed by atoms with Crippen molar-refractivity contribution < 1.29 is 9.53 Å². The van der Waals surface area contributed by atoms with E-state index in [4.69, 9.17) is 27.9 Å². The number of hydrogen-bond acceptors (Lipinski definition) is 4. The second-order valence-electron chi connectivity index (χ2n) is 7.05. The first kappa shape index (κ1) is 21.4. The topological polar surface area (TPSA) is 56.1 Å². The highest BCUT2D eigenvalue weighted by atomic mass is 35.5. The summed E-state index contributed by atoms with van der Waals surface area (Å²) < 4.78 is 7.55. The molecular formula is C23H19Cl2N3O2S. The van der Waals surface area contributed by atoms with Crippen molar-refractivity contribution in [1.29, 1.82) is 0 Å². The molecule has 0 bridgehead atoms. The van der Waals surface area contributed by atoms with Gasteiger partial charge in [-0.15, -0.1) is 11.3 Å². The van der Waals surface area contributed by atoms with Crippen LogP contribution in [-0.4, -0.2) is 15.7 Å². The molecule has 0 fully saturated rings. The molecule has 0 aliphatic carbocycles. The van der Waals surface area contributed by atoms with Gasteiger partial charge in [-0.1, -0.05) is 41.4 Å². The fourth-order valence-corrected chi connectivity index (χ4v) is 4.16. The molecule has 5 nitrogen and oxygen atoms in total. The predicted molar refractivity (Wildman–Crippen MR) is 126 cm³/mol. The van der Waals surface area contributed by atoms with Crippen LogP contribution in [0.15, 0.2) is 66.3 Å². The Morgan fingerprint density at radius 1 is 1.16 bits per heavy atom. The number of nitrogens with zero attached hydrogens (tertiary/aromatic N) is 2. The molecule has 0 atom stereocenters. The number of carbonyl (C=O) groups excluding carboxylic acids is 1. The zero-order valence-corrected chi connectivity index (χ0v) is 19.0. The number of halogens is 2. The van der Waals surface area contributed by atoms with Crippen molar-refractivity contribution in [3.8, 4) is 5.75 Å². The van der Waals surface area contributed by atoms with Gasteiger partial charge in [0, 0.05) is 16.8 Å². The molecule has 1 amide bonds. The lowest BCUT2D eigenvalue weighted by Crippen LogP contribution is -2.09. The third-order valence-corrected chi connectivity index (χ3v) is 6.01. The first-order chi connectivity index (χ1) is 15.0.